The van der Waals surface area contributed by atoms with Crippen molar-refractivity contribution in [2.75, 3.05) is 0 Å². The maximum atomic E-state index is 4.63. The van der Waals surface area contributed by atoms with E-state index in [9.17, 15) is 0 Å². The van der Waals surface area contributed by atoms with Crippen LogP contribution in [0, 0.1) is 0 Å². The molecule has 0 saturated heterocycles. The third-order valence-electron chi connectivity index (χ3n) is 1.08. The molecule has 0 amide bonds. The van der Waals surface area contributed by atoms with Gasteiger partial charge in [-0.25, -0.2) is 0 Å². The highest BCUT2D eigenvalue weighted by Crippen LogP contribution is 1.96. The molecule has 3 nitrogen and oxygen atoms in total. The van der Waals surface area contributed by atoms with Crippen LogP contribution in [-0.4, -0.2) is 5.71 Å². The summed E-state index contributed by atoms with van der Waals surface area (Å²) in [5.74, 6) is 0. The van der Waals surface area contributed by atoms with E-state index in [4.69, 9.17) is 0 Å². The lowest BCUT2D eigenvalue weighted by atomic mass is 10.2. The van der Waals surface area contributed by atoms with Crippen molar-refractivity contribution in [2.45, 2.75) is 19.8 Å². The molecule has 1 aliphatic heterocycles. The van der Waals surface area contributed by atoms with Crippen molar-refractivity contribution in [3.63, 3.8) is 0 Å². The van der Waals surface area contributed by atoms with E-state index in [-0.39, 0.29) is 0 Å². The summed E-state index contributed by atoms with van der Waals surface area (Å²) in [7, 11) is 0. The van der Waals surface area contributed by atoms with Gasteiger partial charge in [-0.15, -0.1) is 10.7 Å². The quantitative estimate of drug-likeness (QED) is 0.603. The van der Waals surface area contributed by atoms with Crippen molar-refractivity contribution in [1.29, 1.82) is 0 Å². The second kappa shape index (κ2) is 3.12. The maximum Gasteiger partial charge on any atom is 0.123 e. The predicted molar refractivity (Wildman–Crippen MR) is 35.7 cm³/mol. The molecular weight excluding hydrogens is 116 g/mol. The van der Waals surface area contributed by atoms with Crippen LogP contribution < -0.4 is 5.59 Å². The molecular formula is C6H10N2O. The molecule has 0 bridgehead atoms. The minimum absolute atomic E-state index is 1.01. The zero-order chi connectivity index (χ0) is 6.53. The van der Waals surface area contributed by atoms with Gasteiger partial charge in [0, 0.05) is 0 Å². The van der Waals surface area contributed by atoms with E-state index in [1.165, 1.54) is 0 Å². The van der Waals surface area contributed by atoms with Gasteiger partial charge < -0.3 is 4.84 Å². The highest BCUT2D eigenvalue weighted by atomic mass is 16.7. The van der Waals surface area contributed by atoms with Crippen LogP contribution in [0.3, 0.4) is 0 Å². The lowest BCUT2D eigenvalue weighted by Gasteiger charge is -2.05. The molecule has 0 radical (unpaired) electrons. The van der Waals surface area contributed by atoms with Crippen molar-refractivity contribution in [2.24, 2.45) is 5.10 Å². The van der Waals surface area contributed by atoms with Crippen LogP contribution in [0.2, 0.25) is 0 Å². The fourth-order valence-corrected chi connectivity index (χ4v) is 0.661. The van der Waals surface area contributed by atoms with Crippen LogP contribution in [-0.2, 0) is 4.84 Å². The van der Waals surface area contributed by atoms with Gasteiger partial charge >= 0.3 is 0 Å². The summed E-state index contributed by atoms with van der Waals surface area (Å²) in [5.41, 5.74) is 3.47. The van der Waals surface area contributed by atoms with Crippen molar-refractivity contribution in [1.82, 2.24) is 5.59 Å². The number of nitrogens with one attached hydrogen (secondary N) is 1. The third-order valence-corrected chi connectivity index (χ3v) is 1.08. The van der Waals surface area contributed by atoms with Crippen molar-refractivity contribution < 1.29 is 4.84 Å². The van der Waals surface area contributed by atoms with Crippen molar-refractivity contribution >= 4 is 5.71 Å². The SMILES string of the molecule is CCCC1=NNOC=C1. The van der Waals surface area contributed by atoms with Gasteiger partial charge in [0.25, 0.3) is 0 Å². The highest BCUT2D eigenvalue weighted by Gasteiger charge is 1.95. The lowest BCUT2D eigenvalue weighted by Crippen LogP contribution is -2.11. The van der Waals surface area contributed by atoms with Gasteiger partial charge in [0.2, 0.25) is 0 Å². The first kappa shape index (κ1) is 6.13. The number of hydrogen-bond acceptors (Lipinski definition) is 3. The van der Waals surface area contributed by atoms with Crippen LogP contribution in [0.15, 0.2) is 17.4 Å². The molecule has 0 saturated carbocycles. The van der Waals surface area contributed by atoms with Crippen LogP contribution in [0.4, 0.5) is 0 Å². The second-order valence-corrected chi connectivity index (χ2v) is 1.87. The molecule has 9 heavy (non-hydrogen) atoms. The minimum atomic E-state index is 1.01. The molecule has 0 aromatic rings. The van der Waals surface area contributed by atoms with Gasteiger partial charge in [-0.05, 0) is 12.5 Å². The second-order valence-electron chi connectivity index (χ2n) is 1.87. The Balaban J connectivity index is 2.38. The normalized spacial score (nSPS) is 15.9. The number of hydrogen-bond donors (Lipinski definition) is 1. The van der Waals surface area contributed by atoms with Crippen molar-refractivity contribution in [3.8, 4) is 0 Å². The molecule has 0 aliphatic carbocycles. The molecule has 1 N–H and O–H groups in total. The molecule has 1 aliphatic rings. The number of rotatable bonds is 2. The van der Waals surface area contributed by atoms with E-state index in [0.717, 1.165) is 18.6 Å². The molecule has 0 fully saturated rings. The molecule has 0 spiro atoms. The van der Waals surface area contributed by atoms with Crippen LogP contribution >= 0.6 is 0 Å². The minimum Gasteiger partial charge on any atom is -0.373 e. The molecule has 3 heteroatoms. The zero-order valence-corrected chi connectivity index (χ0v) is 5.42. The summed E-state index contributed by atoms with van der Waals surface area (Å²) in [6.45, 7) is 2.12. The van der Waals surface area contributed by atoms with E-state index >= 15 is 0 Å². The maximum absolute atomic E-state index is 4.63. The highest BCUT2D eigenvalue weighted by molar-refractivity contribution is 5.94. The Morgan fingerprint density at radius 1 is 1.78 bits per heavy atom. The molecule has 0 unspecified atom stereocenters. The summed E-state index contributed by atoms with van der Waals surface area (Å²) in [4.78, 5) is 4.63. The Morgan fingerprint density at radius 3 is 3.22 bits per heavy atom. The Labute approximate surface area is 54.4 Å². The monoisotopic (exact) mass is 126 g/mol. The molecule has 0 aromatic heterocycles. The molecule has 0 aromatic carbocycles. The summed E-state index contributed by atoms with van der Waals surface area (Å²) < 4.78 is 0. The molecule has 50 valence electrons. The molecule has 0 atom stereocenters. The number of nitrogens with zero attached hydrogens (tertiary/aromatic N) is 1. The van der Waals surface area contributed by atoms with E-state index in [2.05, 4.69) is 22.5 Å². The lowest BCUT2D eigenvalue weighted by molar-refractivity contribution is 0.135. The van der Waals surface area contributed by atoms with Gasteiger partial charge in [0.15, 0.2) is 0 Å². The summed E-state index contributed by atoms with van der Waals surface area (Å²) in [6, 6.07) is 0. The standard InChI is InChI=1S/C6H10N2O/c1-2-3-6-4-5-9-8-7-6/h4-5,8H,2-3H2,1H3. The van der Waals surface area contributed by atoms with Crippen LogP contribution in [0.1, 0.15) is 19.8 Å². The summed E-state index contributed by atoms with van der Waals surface area (Å²) >= 11 is 0. The Kier molecular flexibility index (Phi) is 2.13. The Morgan fingerprint density at radius 2 is 2.67 bits per heavy atom. The summed E-state index contributed by atoms with van der Waals surface area (Å²) in [5, 5.41) is 3.88. The van der Waals surface area contributed by atoms with E-state index in [1.54, 1.807) is 6.26 Å². The first-order valence-corrected chi connectivity index (χ1v) is 3.07. The van der Waals surface area contributed by atoms with Crippen LogP contribution in [0.25, 0.3) is 0 Å². The van der Waals surface area contributed by atoms with Gasteiger partial charge in [-0.2, -0.15) is 0 Å². The average Bonchev–Trinajstić information content (AvgIpc) is 1.91. The fraction of sp³-hybridized carbons (Fsp3) is 0.500. The zero-order valence-electron chi connectivity index (χ0n) is 5.42. The van der Waals surface area contributed by atoms with Gasteiger partial charge in [0.1, 0.15) is 6.26 Å². The van der Waals surface area contributed by atoms with E-state index < -0.39 is 0 Å². The topological polar surface area (TPSA) is 33.6 Å². The predicted octanol–water partition coefficient (Wildman–Crippen LogP) is 1.19. The Hall–Kier alpha value is -0.990. The largest absolute Gasteiger partial charge is 0.373 e. The van der Waals surface area contributed by atoms with Crippen molar-refractivity contribution in [3.05, 3.63) is 12.3 Å². The van der Waals surface area contributed by atoms with E-state index in [0.29, 0.717) is 0 Å². The average molecular weight is 126 g/mol. The fourth-order valence-electron chi connectivity index (χ4n) is 0.661. The van der Waals surface area contributed by atoms with Gasteiger partial charge in [-0.3, -0.25) is 0 Å². The number of hydrazone groups is 1. The third kappa shape index (κ3) is 1.76. The molecule has 1 rings (SSSR count). The van der Waals surface area contributed by atoms with Crippen LogP contribution in [0.5, 0.6) is 0 Å². The van der Waals surface area contributed by atoms with Gasteiger partial charge in [-0.1, -0.05) is 13.3 Å². The first-order chi connectivity index (χ1) is 4.43. The smallest absolute Gasteiger partial charge is 0.123 e. The van der Waals surface area contributed by atoms with E-state index in [1.807, 2.05) is 6.08 Å². The molecule has 1 heterocycles. The first-order valence-electron chi connectivity index (χ1n) is 3.07. The summed E-state index contributed by atoms with van der Waals surface area (Å²) in [6.07, 6.45) is 5.58. The van der Waals surface area contributed by atoms with Gasteiger partial charge in [0.05, 0.1) is 5.71 Å². The number of allylic oxidation sites excluding steroid dienone is 1. The Bertz CT molecular complexity index is 140.